The molecule has 2 aromatic rings. The standard InChI is InChI=1S/C11H14N2O3/c1-15-8-11-4-10(12-16-11)6-13-3-2-9(5-13)7-14/h2-5,14H,6-8H2,1H3. The van der Waals surface area contributed by atoms with Crippen molar-refractivity contribution in [2.24, 2.45) is 0 Å². The highest BCUT2D eigenvalue weighted by Crippen LogP contribution is 2.08. The number of methoxy groups -OCH3 is 1. The first-order valence-electron chi connectivity index (χ1n) is 5.00. The lowest BCUT2D eigenvalue weighted by Crippen LogP contribution is -1.96. The fourth-order valence-electron chi connectivity index (χ4n) is 1.51. The van der Waals surface area contributed by atoms with Crippen LogP contribution in [-0.2, 0) is 24.5 Å². The number of aliphatic hydroxyl groups is 1. The molecule has 0 aliphatic heterocycles. The van der Waals surface area contributed by atoms with Gasteiger partial charge in [-0.25, -0.2) is 0 Å². The molecule has 0 spiro atoms. The summed E-state index contributed by atoms with van der Waals surface area (Å²) in [6, 6.07) is 3.73. The Kier molecular flexibility index (Phi) is 3.38. The summed E-state index contributed by atoms with van der Waals surface area (Å²) in [6.45, 7) is 1.12. The van der Waals surface area contributed by atoms with Crippen LogP contribution in [0.25, 0.3) is 0 Å². The molecule has 0 radical (unpaired) electrons. The lowest BCUT2D eigenvalue weighted by Gasteiger charge is -1.96. The van der Waals surface area contributed by atoms with Crippen molar-refractivity contribution >= 4 is 0 Å². The highest BCUT2D eigenvalue weighted by atomic mass is 16.5. The van der Waals surface area contributed by atoms with Gasteiger partial charge in [0.1, 0.15) is 12.3 Å². The van der Waals surface area contributed by atoms with Crippen molar-refractivity contribution in [2.75, 3.05) is 7.11 Å². The first-order valence-corrected chi connectivity index (χ1v) is 5.00. The number of hydrogen-bond acceptors (Lipinski definition) is 4. The Hall–Kier alpha value is -1.59. The molecule has 0 unspecified atom stereocenters. The smallest absolute Gasteiger partial charge is 0.162 e. The molecule has 0 saturated carbocycles. The molecule has 0 bridgehead atoms. The molecule has 5 heteroatoms. The van der Waals surface area contributed by atoms with Gasteiger partial charge in [0, 0.05) is 25.6 Å². The zero-order valence-electron chi connectivity index (χ0n) is 9.09. The Bertz CT molecular complexity index is 448. The topological polar surface area (TPSA) is 60.4 Å². The van der Waals surface area contributed by atoms with Crippen LogP contribution >= 0.6 is 0 Å². The summed E-state index contributed by atoms with van der Waals surface area (Å²) in [5, 5.41) is 12.9. The quantitative estimate of drug-likeness (QED) is 0.824. The summed E-state index contributed by atoms with van der Waals surface area (Å²) in [5.41, 5.74) is 1.73. The molecule has 1 N–H and O–H groups in total. The summed E-state index contributed by atoms with van der Waals surface area (Å²) in [7, 11) is 1.61. The SMILES string of the molecule is COCc1cc(Cn2ccc(CO)c2)no1. The fourth-order valence-corrected chi connectivity index (χ4v) is 1.51. The van der Waals surface area contributed by atoms with Crippen molar-refractivity contribution in [1.29, 1.82) is 0 Å². The molecule has 0 atom stereocenters. The van der Waals surface area contributed by atoms with Gasteiger partial charge in [0.25, 0.3) is 0 Å². The summed E-state index contributed by atoms with van der Waals surface area (Å²) in [5.74, 6) is 0.715. The Morgan fingerprint density at radius 3 is 3.12 bits per heavy atom. The van der Waals surface area contributed by atoms with Crippen molar-refractivity contribution in [1.82, 2.24) is 9.72 Å². The summed E-state index contributed by atoms with van der Waals surface area (Å²) >= 11 is 0. The van der Waals surface area contributed by atoms with Crippen molar-refractivity contribution < 1.29 is 14.4 Å². The van der Waals surface area contributed by atoms with Gasteiger partial charge in [0.15, 0.2) is 5.76 Å². The molecule has 0 aliphatic rings. The van der Waals surface area contributed by atoms with Gasteiger partial charge in [0.05, 0.1) is 13.2 Å². The van der Waals surface area contributed by atoms with Crippen molar-refractivity contribution in [2.45, 2.75) is 19.8 Å². The van der Waals surface area contributed by atoms with E-state index in [0.29, 0.717) is 18.9 Å². The van der Waals surface area contributed by atoms with E-state index < -0.39 is 0 Å². The normalized spacial score (nSPS) is 10.9. The highest BCUT2D eigenvalue weighted by molar-refractivity contribution is 5.11. The van der Waals surface area contributed by atoms with E-state index in [0.717, 1.165) is 11.3 Å². The molecule has 16 heavy (non-hydrogen) atoms. The molecule has 86 valence electrons. The molecule has 0 amide bonds. The number of nitrogens with zero attached hydrogens (tertiary/aromatic N) is 2. The van der Waals surface area contributed by atoms with E-state index in [1.165, 1.54) is 0 Å². The second-order valence-electron chi connectivity index (χ2n) is 3.57. The Morgan fingerprint density at radius 2 is 2.44 bits per heavy atom. The molecule has 2 heterocycles. The molecular weight excluding hydrogens is 208 g/mol. The predicted molar refractivity (Wildman–Crippen MR) is 56.7 cm³/mol. The van der Waals surface area contributed by atoms with E-state index in [1.807, 2.05) is 29.1 Å². The van der Waals surface area contributed by atoms with Crippen LogP contribution in [-0.4, -0.2) is 21.9 Å². The van der Waals surface area contributed by atoms with Crippen LogP contribution in [0.5, 0.6) is 0 Å². The minimum atomic E-state index is 0.0563. The molecule has 0 saturated heterocycles. The first kappa shape index (κ1) is 10.9. The van der Waals surface area contributed by atoms with Gasteiger partial charge in [-0.15, -0.1) is 0 Å². The van der Waals surface area contributed by atoms with Gasteiger partial charge in [-0.1, -0.05) is 5.16 Å². The van der Waals surface area contributed by atoms with Crippen LogP contribution in [0.4, 0.5) is 0 Å². The summed E-state index contributed by atoms with van der Waals surface area (Å²) in [4.78, 5) is 0. The van der Waals surface area contributed by atoms with Crippen LogP contribution in [0.2, 0.25) is 0 Å². The van der Waals surface area contributed by atoms with E-state index in [9.17, 15) is 0 Å². The second kappa shape index (κ2) is 4.96. The van der Waals surface area contributed by atoms with Crippen LogP contribution in [0.15, 0.2) is 29.0 Å². The van der Waals surface area contributed by atoms with Gasteiger partial charge in [-0.2, -0.15) is 0 Å². The third-order valence-electron chi connectivity index (χ3n) is 2.23. The average molecular weight is 222 g/mol. The predicted octanol–water partition coefficient (Wildman–Crippen LogP) is 1.16. The Morgan fingerprint density at radius 1 is 1.56 bits per heavy atom. The van der Waals surface area contributed by atoms with Gasteiger partial charge in [0.2, 0.25) is 0 Å². The van der Waals surface area contributed by atoms with Crippen molar-refractivity contribution in [3.05, 3.63) is 41.5 Å². The van der Waals surface area contributed by atoms with Gasteiger partial charge in [-0.05, 0) is 11.6 Å². The van der Waals surface area contributed by atoms with Crippen LogP contribution < -0.4 is 0 Å². The van der Waals surface area contributed by atoms with Crippen LogP contribution in [0.3, 0.4) is 0 Å². The van der Waals surface area contributed by atoms with E-state index in [1.54, 1.807) is 7.11 Å². The monoisotopic (exact) mass is 222 g/mol. The van der Waals surface area contributed by atoms with E-state index >= 15 is 0 Å². The van der Waals surface area contributed by atoms with E-state index in [4.69, 9.17) is 14.4 Å². The molecular formula is C11H14N2O3. The minimum Gasteiger partial charge on any atom is -0.392 e. The van der Waals surface area contributed by atoms with Crippen LogP contribution in [0, 0.1) is 0 Å². The van der Waals surface area contributed by atoms with Crippen LogP contribution in [0.1, 0.15) is 17.0 Å². The second-order valence-corrected chi connectivity index (χ2v) is 3.57. The Labute approximate surface area is 93.2 Å². The highest BCUT2D eigenvalue weighted by Gasteiger charge is 2.04. The number of rotatable bonds is 5. The molecule has 0 fully saturated rings. The molecule has 0 aliphatic carbocycles. The number of ether oxygens (including phenoxy) is 1. The third-order valence-corrected chi connectivity index (χ3v) is 2.23. The Balaban J connectivity index is 2.02. The fraction of sp³-hybridized carbons (Fsp3) is 0.364. The summed E-state index contributed by atoms with van der Waals surface area (Å²) in [6.07, 6.45) is 3.78. The molecule has 5 nitrogen and oxygen atoms in total. The van der Waals surface area contributed by atoms with E-state index in [2.05, 4.69) is 5.16 Å². The van der Waals surface area contributed by atoms with Gasteiger partial charge < -0.3 is 18.9 Å². The van der Waals surface area contributed by atoms with Gasteiger partial charge >= 0.3 is 0 Å². The van der Waals surface area contributed by atoms with Crippen molar-refractivity contribution in [3.63, 3.8) is 0 Å². The molecule has 2 aromatic heterocycles. The minimum absolute atomic E-state index is 0.0563. The zero-order chi connectivity index (χ0) is 11.4. The summed E-state index contributed by atoms with van der Waals surface area (Å²) < 4.78 is 12.0. The maximum absolute atomic E-state index is 8.93. The van der Waals surface area contributed by atoms with Crippen molar-refractivity contribution in [3.8, 4) is 0 Å². The third kappa shape index (κ3) is 2.50. The average Bonchev–Trinajstić information content (AvgIpc) is 2.89. The lowest BCUT2D eigenvalue weighted by atomic mass is 10.3. The number of aliphatic hydroxyl groups excluding tert-OH is 1. The molecule has 0 aromatic carbocycles. The molecule has 2 rings (SSSR count). The van der Waals surface area contributed by atoms with Gasteiger partial charge in [-0.3, -0.25) is 0 Å². The zero-order valence-corrected chi connectivity index (χ0v) is 9.09. The first-order chi connectivity index (χ1) is 7.81. The van der Waals surface area contributed by atoms with E-state index in [-0.39, 0.29) is 6.61 Å². The lowest BCUT2D eigenvalue weighted by molar-refractivity contribution is 0.155. The largest absolute Gasteiger partial charge is 0.392 e. The maximum Gasteiger partial charge on any atom is 0.162 e. The number of aromatic nitrogens is 2. The number of hydrogen-bond donors (Lipinski definition) is 1. The maximum atomic E-state index is 8.93.